The molecule has 0 saturated carbocycles. The van der Waals surface area contributed by atoms with Gasteiger partial charge in [-0.05, 0) is 0 Å². The van der Waals surface area contributed by atoms with Crippen LogP contribution in [0.1, 0.15) is 41.0 Å². The fourth-order valence-corrected chi connectivity index (χ4v) is 16.6. The summed E-state index contributed by atoms with van der Waals surface area (Å²) < 4.78 is 107. The summed E-state index contributed by atoms with van der Waals surface area (Å²) >= 11 is 0. The van der Waals surface area contributed by atoms with Crippen molar-refractivity contribution in [3.63, 3.8) is 0 Å². The van der Waals surface area contributed by atoms with Gasteiger partial charge in [0, 0.05) is 41.0 Å². The molecule has 9 aliphatic rings. The maximum Gasteiger partial charge on any atom is 0.364 e. The summed E-state index contributed by atoms with van der Waals surface area (Å²) in [7, 11) is 0. The van der Waals surface area contributed by atoms with Crippen molar-refractivity contribution in [3.8, 4) is 0 Å². The zero-order valence-corrected chi connectivity index (χ0v) is 71.0. The van der Waals surface area contributed by atoms with Crippen LogP contribution in [0.3, 0.4) is 0 Å². The highest BCUT2D eigenvalue weighted by Gasteiger charge is 2.64. The first-order chi connectivity index (χ1) is 62.2. The third kappa shape index (κ3) is 25.2. The second-order valence-electron chi connectivity index (χ2n) is 32.9. The molecule has 9 rings (SSSR count). The highest BCUT2D eigenvalue weighted by atomic mass is 16.8. The zero-order valence-electron chi connectivity index (χ0n) is 71.0. The number of aliphatic carboxylic acids is 1. The number of carbonyl (C=O) groups excluding carboxylic acids is 5. The molecule has 0 aromatic rings. The summed E-state index contributed by atoms with van der Waals surface area (Å²) in [6.45, 7) is -8.54. The standard InChI is InChI=1S/C73H123N5O54/c1-18(88)74-23(7-79)39(96)56(26(95)9-81)125-64-36(76-20(3)90)47(104)58(31(14-86)120-64)127-70-55(112)62(45(102)34(124-70)17-116-68-54(111)61(128-69-53(110)50(107)42(99)28(11-83)118-69)44(101)33(123-68)16-115-67-52(109)49(106)41(98)27(10-82)117-67)129-71-63(51(108)43(100)29(12-84)119-71)130-66-37(77-21(4)91)46(103)57(30(13-85)121-66)126-65-38(78-22(5)92)48(105)59(32(15-87)122-65)131-73(72(113)114)6-24(93)35(75-19(2)89)60(132-73)40(97)25(94)8-80/h23-71,79-87,93-112H,6-17H2,1-5H3,(H,74,88)(H,75,89)(H,76,90)(H,77,91)(H,78,92)(H,113,114)/t23-,24-,25+,26+,27+,28+,29+,30+,31+,32+,33+,34+,35+,36+,37+,38+,39+,40+,41+,42+,43+,44+,45+,46+,47+,48+,49-,50-,51-,52-,53-,54-,55-,56+,57+,58+,59-,60+,61-,62-,63-,64?,65?,66?,67?,68?,69?,70?,71?,73?/m0/s1. The number of amides is 5. The van der Waals surface area contributed by atoms with Crippen molar-refractivity contribution in [3.05, 3.63) is 0 Å². The van der Waals surface area contributed by atoms with E-state index < -0.39 is 421 Å². The highest BCUT2D eigenvalue weighted by molar-refractivity contribution is 5.77. The zero-order chi connectivity index (χ0) is 98.0. The first-order valence-electron chi connectivity index (χ1n) is 41.7. The maximum absolute atomic E-state index is 13.3. The Kier molecular flexibility index (Phi) is 40.8. The van der Waals surface area contributed by atoms with Gasteiger partial charge < -0.3 is 265 Å². The molecule has 0 spiro atoms. The Morgan fingerprint density at radius 1 is 0.341 bits per heavy atom. The molecule has 0 bridgehead atoms. The lowest BCUT2D eigenvalue weighted by atomic mass is 9.88. The number of ether oxygens (including phenoxy) is 18. The topological polar surface area (TPSA) is 936 Å². The lowest BCUT2D eigenvalue weighted by molar-refractivity contribution is -0.398. The minimum absolute atomic E-state index is 0.842. The minimum Gasteiger partial charge on any atom is -0.477 e. The van der Waals surface area contributed by atoms with E-state index in [1.165, 1.54) is 0 Å². The number of aliphatic hydroxyl groups excluding tert-OH is 29. The molecule has 132 heavy (non-hydrogen) atoms. The number of carboxylic acids is 1. The molecular weight excluding hydrogens is 1810 g/mol. The van der Waals surface area contributed by atoms with E-state index in [-0.39, 0.29) is 0 Å². The van der Waals surface area contributed by atoms with Gasteiger partial charge in [0.2, 0.25) is 29.5 Å². The average molecular weight is 1930 g/mol. The van der Waals surface area contributed by atoms with Gasteiger partial charge in [-0.3, -0.25) is 24.0 Å². The molecular formula is C73H123N5O54. The first-order valence-corrected chi connectivity index (χ1v) is 41.7. The Balaban J connectivity index is 1.06. The van der Waals surface area contributed by atoms with Gasteiger partial charge in [-0.2, -0.15) is 0 Å². The number of aliphatic hydroxyl groups is 29. The Morgan fingerprint density at radius 2 is 0.689 bits per heavy atom. The number of carboxylic acid groups (broad SMARTS) is 1. The predicted octanol–water partition coefficient (Wildman–Crippen LogP) is -23.2. The fourth-order valence-electron chi connectivity index (χ4n) is 16.6. The van der Waals surface area contributed by atoms with Crippen molar-refractivity contribution >= 4 is 35.5 Å². The van der Waals surface area contributed by atoms with Gasteiger partial charge in [-0.1, -0.05) is 0 Å². The number of rotatable bonds is 40. The summed E-state index contributed by atoms with van der Waals surface area (Å²) in [6, 6.07) is -9.72. The first kappa shape index (κ1) is 111. The Bertz CT molecular complexity index is 3630. The highest BCUT2D eigenvalue weighted by Crippen LogP contribution is 2.42. The second-order valence-corrected chi connectivity index (χ2v) is 32.9. The Labute approximate surface area is 747 Å². The molecule has 9 saturated heterocycles. The van der Waals surface area contributed by atoms with Crippen molar-refractivity contribution in [1.29, 1.82) is 0 Å². The third-order valence-corrected chi connectivity index (χ3v) is 23.5. The number of carbonyl (C=O) groups is 6. The molecule has 9 aliphatic heterocycles. The summed E-state index contributed by atoms with van der Waals surface area (Å²) in [5, 5.41) is 346. The second kappa shape index (κ2) is 48.7. The van der Waals surface area contributed by atoms with Gasteiger partial charge in [0.05, 0.1) is 90.9 Å². The maximum atomic E-state index is 13.3. The van der Waals surface area contributed by atoms with E-state index in [0.717, 1.165) is 34.6 Å². The SMILES string of the molecule is CC(=O)N[C@H]1[C@H]([C@H](O)[C@H](O)CO)OC(O[C@@H]2[C@H](O)[C@@H](NC(C)=O)C(O[C@H]3[C@H](O)[C@@H](NC(C)=O)C(O[C@@H]4C(O[C@H]5[C@H](O)[C@@H](COC6O[C@H](COC7O[C@H](CO)[C@@H](O)[C@H](O)[C@@H]7O)[C@@H](O)[C@H](OC7O[C@H](CO)[C@@H](O)[C@H](O)[C@@H]7O)[C@@H]6O)OC(O[C@H]6[C@H](O)[C@@H](NC(C)=O)C(O[C@@H]([C@H](O)[C@H](CO)NC(C)=O)[C@H](O)CO)O[C@@H]6CO)[C@H]5O)O[C@H](CO)[C@@H](O)[C@@H]4O)O[C@@H]3CO)O[C@@H]2CO)(C(=O)O)C[C@@H]1O. The van der Waals surface area contributed by atoms with Crippen LogP contribution < -0.4 is 26.6 Å². The number of hydrogen-bond donors (Lipinski definition) is 35. The van der Waals surface area contributed by atoms with Gasteiger partial charge in [-0.25, -0.2) is 4.79 Å². The molecule has 0 aliphatic carbocycles. The van der Waals surface area contributed by atoms with Crippen LogP contribution >= 0.6 is 0 Å². The lowest BCUT2D eigenvalue weighted by Gasteiger charge is -2.52. The summed E-state index contributed by atoms with van der Waals surface area (Å²) in [5.41, 5.74) is 0. The Morgan fingerprint density at radius 3 is 1.14 bits per heavy atom. The molecule has 5 amide bonds. The third-order valence-electron chi connectivity index (χ3n) is 23.5. The van der Waals surface area contributed by atoms with Crippen molar-refractivity contribution in [2.45, 2.75) is 347 Å². The van der Waals surface area contributed by atoms with Crippen LogP contribution in [-0.4, -0.2) is 567 Å². The van der Waals surface area contributed by atoms with Crippen LogP contribution in [0, 0.1) is 0 Å². The molecule has 0 radical (unpaired) electrons. The molecule has 50 atom stereocenters. The average Bonchev–Trinajstić information content (AvgIpc) is 0.752. The van der Waals surface area contributed by atoms with Gasteiger partial charge in [-0.15, -0.1) is 0 Å². The van der Waals surface area contributed by atoms with Crippen LogP contribution in [0.2, 0.25) is 0 Å². The van der Waals surface area contributed by atoms with Crippen LogP contribution in [0.4, 0.5) is 0 Å². The van der Waals surface area contributed by atoms with Crippen molar-refractivity contribution < 1.29 is 267 Å². The fraction of sp³-hybridized carbons (Fsp3) is 0.918. The molecule has 35 N–H and O–H groups in total. The number of nitrogens with one attached hydrogen (secondary N) is 5. The van der Waals surface area contributed by atoms with Crippen LogP contribution in [0.5, 0.6) is 0 Å². The monoisotopic (exact) mass is 1930 g/mol. The van der Waals surface area contributed by atoms with E-state index in [9.17, 15) is 182 Å². The molecule has 9 heterocycles. The van der Waals surface area contributed by atoms with E-state index in [2.05, 4.69) is 26.6 Å². The van der Waals surface area contributed by atoms with Crippen LogP contribution in [-0.2, 0) is 114 Å². The van der Waals surface area contributed by atoms with Gasteiger partial charge in [0.1, 0.15) is 232 Å². The molecule has 9 unspecified atom stereocenters. The van der Waals surface area contributed by atoms with Crippen molar-refractivity contribution in [1.82, 2.24) is 26.6 Å². The van der Waals surface area contributed by atoms with E-state index in [0.29, 0.717) is 0 Å². The van der Waals surface area contributed by atoms with E-state index in [4.69, 9.17) is 85.3 Å². The number of hydrogen-bond acceptors (Lipinski definition) is 53. The van der Waals surface area contributed by atoms with Crippen LogP contribution in [0.15, 0.2) is 0 Å². The molecule has 764 valence electrons. The summed E-state index contributed by atoms with van der Waals surface area (Å²) in [6.07, 6.45) is -99.3. The van der Waals surface area contributed by atoms with Gasteiger partial charge in [0.25, 0.3) is 5.79 Å². The molecule has 9 fully saturated rings. The quantitative estimate of drug-likeness (QED) is 0.0271. The Hall–Kier alpha value is -5.06. The minimum atomic E-state index is -3.27. The summed E-state index contributed by atoms with van der Waals surface area (Å²) in [5.74, 6) is -10.3. The van der Waals surface area contributed by atoms with E-state index in [1.54, 1.807) is 0 Å². The molecule has 0 aromatic heterocycles. The van der Waals surface area contributed by atoms with Crippen LogP contribution in [0.25, 0.3) is 0 Å². The largest absolute Gasteiger partial charge is 0.477 e. The predicted molar refractivity (Wildman–Crippen MR) is 407 cm³/mol. The smallest absolute Gasteiger partial charge is 0.364 e. The lowest BCUT2D eigenvalue weighted by Crippen LogP contribution is -2.72. The molecule has 0 aromatic carbocycles. The van der Waals surface area contributed by atoms with Gasteiger partial charge >= 0.3 is 5.97 Å². The summed E-state index contributed by atoms with van der Waals surface area (Å²) in [4.78, 5) is 77.2. The van der Waals surface area contributed by atoms with E-state index in [1.807, 2.05) is 0 Å². The van der Waals surface area contributed by atoms with Crippen molar-refractivity contribution in [2.24, 2.45) is 0 Å². The normalized spacial score (nSPS) is 44.7. The van der Waals surface area contributed by atoms with Crippen molar-refractivity contribution in [2.75, 3.05) is 72.7 Å². The van der Waals surface area contributed by atoms with Gasteiger partial charge in [0.15, 0.2) is 50.3 Å². The van der Waals surface area contributed by atoms with E-state index >= 15 is 0 Å². The molecule has 59 nitrogen and oxygen atoms in total. The molecule has 59 heteroatoms.